The number of carbonyl (C=O) groups excluding carboxylic acids is 2. The smallest absolute Gasteiger partial charge is 0.340 e. The van der Waals surface area contributed by atoms with Gasteiger partial charge in [-0.05, 0) is 50.6 Å². The fraction of sp³-hybridized carbons (Fsp3) is 0.300. The largest absolute Gasteiger partial charge is 0.497 e. The summed E-state index contributed by atoms with van der Waals surface area (Å²) in [5, 5.41) is 2.85. The first-order valence-corrected chi connectivity index (χ1v) is 8.12. The Kier molecular flexibility index (Phi) is 5.80. The van der Waals surface area contributed by atoms with Crippen molar-refractivity contribution in [3.63, 3.8) is 0 Å². The van der Waals surface area contributed by atoms with Crippen LogP contribution in [0.15, 0.2) is 48.5 Å². The van der Waals surface area contributed by atoms with Gasteiger partial charge in [0, 0.05) is 0 Å². The minimum absolute atomic E-state index is 0.214. The van der Waals surface area contributed by atoms with Crippen LogP contribution in [0.4, 0.5) is 5.69 Å². The molecule has 0 fully saturated rings. The fourth-order valence-electron chi connectivity index (χ4n) is 2.40. The molecule has 0 atom stereocenters. The van der Waals surface area contributed by atoms with E-state index >= 15 is 0 Å². The van der Waals surface area contributed by atoms with Gasteiger partial charge in [0.05, 0.1) is 30.4 Å². The first-order chi connectivity index (χ1) is 11.9. The van der Waals surface area contributed by atoms with Crippen molar-refractivity contribution in [2.45, 2.75) is 26.2 Å². The van der Waals surface area contributed by atoms with E-state index < -0.39 is 11.4 Å². The van der Waals surface area contributed by atoms with Gasteiger partial charge in [0.15, 0.2) is 0 Å². The van der Waals surface area contributed by atoms with Gasteiger partial charge in [-0.1, -0.05) is 24.3 Å². The van der Waals surface area contributed by atoms with Gasteiger partial charge in [-0.15, -0.1) is 0 Å². The first-order valence-electron chi connectivity index (χ1n) is 8.12. The lowest BCUT2D eigenvalue weighted by molar-refractivity contribution is -0.120. The SMILES string of the molecule is CCOC(=O)c1ccccc1NC(=O)C(C)(C)c1ccc(OC)cc1. The van der Waals surface area contributed by atoms with Crippen LogP contribution in [0.25, 0.3) is 0 Å². The van der Waals surface area contributed by atoms with Crippen LogP contribution in [0.5, 0.6) is 5.75 Å². The van der Waals surface area contributed by atoms with Crippen LogP contribution in [-0.2, 0) is 14.9 Å². The van der Waals surface area contributed by atoms with Gasteiger partial charge in [0.25, 0.3) is 0 Å². The van der Waals surface area contributed by atoms with Crippen LogP contribution in [0.2, 0.25) is 0 Å². The summed E-state index contributed by atoms with van der Waals surface area (Å²) in [5.74, 6) is 0.0580. The average Bonchev–Trinajstić information content (AvgIpc) is 2.62. The molecule has 0 saturated heterocycles. The van der Waals surface area contributed by atoms with Crippen molar-refractivity contribution in [2.24, 2.45) is 0 Å². The number of hydrogen-bond donors (Lipinski definition) is 1. The molecular weight excluding hydrogens is 318 g/mol. The number of rotatable bonds is 6. The average molecular weight is 341 g/mol. The van der Waals surface area contributed by atoms with Gasteiger partial charge >= 0.3 is 5.97 Å². The van der Waals surface area contributed by atoms with E-state index in [4.69, 9.17) is 9.47 Å². The first kappa shape index (κ1) is 18.5. The summed E-state index contributed by atoms with van der Waals surface area (Å²) in [6.45, 7) is 5.68. The van der Waals surface area contributed by atoms with E-state index in [1.54, 1.807) is 38.3 Å². The van der Waals surface area contributed by atoms with Crippen molar-refractivity contribution in [1.29, 1.82) is 0 Å². The monoisotopic (exact) mass is 341 g/mol. The van der Waals surface area contributed by atoms with E-state index in [9.17, 15) is 9.59 Å². The number of esters is 1. The number of ether oxygens (including phenoxy) is 2. The zero-order valence-corrected chi connectivity index (χ0v) is 15.0. The highest BCUT2D eigenvalue weighted by molar-refractivity contribution is 6.04. The third-order valence-electron chi connectivity index (χ3n) is 4.05. The maximum atomic E-state index is 12.8. The maximum Gasteiger partial charge on any atom is 0.340 e. The number of para-hydroxylation sites is 1. The van der Waals surface area contributed by atoms with Crippen molar-refractivity contribution in [3.8, 4) is 5.75 Å². The Labute approximate surface area is 148 Å². The zero-order valence-electron chi connectivity index (χ0n) is 15.0. The second-order valence-corrected chi connectivity index (χ2v) is 6.07. The number of benzene rings is 2. The fourth-order valence-corrected chi connectivity index (χ4v) is 2.40. The van der Waals surface area contributed by atoms with Gasteiger partial charge in [0.1, 0.15) is 5.75 Å². The number of hydrogen-bond acceptors (Lipinski definition) is 4. The summed E-state index contributed by atoms with van der Waals surface area (Å²) in [4.78, 5) is 24.9. The summed E-state index contributed by atoms with van der Waals surface area (Å²) >= 11 is 0. The molecule has 2 aromatic carbocycles. The minimum Gasteiger partial charge on any atom is -0.497 e. The Bertz CT molecular complexity index is 751. The second-order valence-electron chi connectivity index (χ2n) is 6.07. The van der Waals surface area contributed by atoms with Crippen LogP contribution in [0.1, 0.15) is 36.7 Å². The highest BCUT2D eigenvalue weighted by Crippen LogP contribution is 2.28. The lowest BCUT2D eigenvalue weighted by Crippen LogP contribution is -2.35. The molecule has 0 unspecified atom stereocenters. The summed E-state index contributed by atoms with van der Waals surface area (Å²) in [7, 11) is 1.60. The Balaban J connectivity index is 2.24. The van der Waals surface area contributed by atoms with Crippen LogP contribution < -0.4 is 10.1 Å². The molecule has 132 valence electrons. The summed E-state index contributed by atoms with van der Waals surface area (Å²) in [5.41, 5.74) is 0.837. The molecule has 0 spiro atoms. The van der Waals surface area contributed by atoms with Crippen molar-refractivity contribution in [2.75, 3.05) is 19.0 Å². The maximum absolute atomic E-state index is 12.8. The highest BCUT2D eigenvalue weighted by atomic mass is 16.5. The van der Waals surface area contributed by atoms with Gasteiger partial charge in [0.2, 0.25) is 5.91 Å². The van der Waals surface area contributed by atoms with Crippen molar-refractivity contribution in [1.82, 2.24) is 0 Å². The quantitative estimate of drug-likeness (QED) is 0.812. The van der Waals surface area contributed by atoms with Crippen LogP contribution in [0, 0.1) is 0 Å². The van der Waals surface area contributed by atoms with Gasteiger partial charge in [-0.25, -0.2) is 4.79 Å². The van der Waals surface area contributed by atoms with Gasteiger partial charge in [-0.3, -0.25) is 4.79 Å². The normalized spacial score (nSPS) is 10.9. The zero-order chi connectivity index (χ0) is 18.4. The summed E-state index contributed by atoms with van der Waals surface area (Å²) in [6.07, 6.45) is 0. The molecule has 0 aliphatic rings. The minimum atomic E-state index is -0.784. The molecule has 0 heterocycles. The van der Waals surface area contributed by atoms with Gasteiger partial charge in [-0.2, -0.15) is 0 Å². The third kappa shape index (κ3) is 4.18. The van der Waals surface area contributed by atoms with Crippen molar-refractivity contribution in [3.05, 3.63) is 59.7 Å². The number of carbonyl (C=O) groups is 2. The molecular formula is C20H23NO4. The molecule has 5 heteroatoms. The molecule has 0 bridgehead atoms. The Morgan fingerprint density at radius 3 is 2.28 bits per heavy atom. The predicted molar refractivity (Wildman–Crippen MR) is 97.0 cm³/mol. The third-order valence-corrected chi connectivity index (χ3v) is 4.05. The molecule has 1 N–H and O–H groups in total. The van der Waals surface area contributed by atoms with E-state index in [0.29, 0.717) is 11.3 Å². The molecule has 0 aliphatic heterocycles. The van der Waals surface area contributed by atoms with E-state index in [1.807, 2.05) is 38.1 Å². The molecule has 0 aliphatic carbocycles. The Morgan fingerprint density at radius 2 is 1.68 bits per heavy atom. The van der Waals surface area contributed by atoms with E-state index in [1.165, 1.54) is 0 Å². The topological polar surface area (TPSA) is 64.6 Å². The van der Waals surface area contributed by atoms with E-state index in [2.05, 4.69) is 5.32 Å². The lowest BCUT2D eigenvalue weighted by Gasteiger charge is -2.25. The van der Waals surface area contributed by atoms with Crippen LogP contribution in [0.3, 0.4) is 0 Å². The summed E-state index contributed by atoms with van der Waals surface area (Å²) in [6, 6.07) is 14.2. The second kappa shape index (κ2) is 7.83. The van der Waals surface area contributed by atoms with Crippen molar-refractivity contribution >= 4 is 17.6 Å². The standard InChI is InChI=1S/C20H23NO4/c1-5-25-18(22)16-8-6-7-9-17(16)21-19(23)20(2,3)14-10-12-15(24-4)13-11-14/h6-13H,5H2,1-4H3,(H,21,23). The molecule has 25 heavy (non-hydrogen) atoms. The van der Waals surface area contributed by atoms with Crippen LogP contribution >= 0.6 is 0 Å². The van der Waals surface area contributed by atoms with Gasteiger partial charge < -0.3 is 14.8 Å². The molecule has 0 saturated carbocycles. The number of methoxy groups -OCH3 is 1. The summed E-state index contributed by atoms with van der Waals surface area (Å²) < 4.78 is 10.2. The predicted octanol–water partition coefficient (Wildman–Crippen LogP) is 3.79. The van der Waals surface area contributed by atoms with Crippen LogP contribution in [-0.4, -0.2) is 25.6 Å². The molecule has 5 nitrogen and oxygen atoms in total. The molecule has 2 rings (SSSR count). The van der Waals surface area contributed by atoms with E-state index in [0.717, 1.165) is 11.3 Å². The number of amides is 1. The van der Waals surface area contributed by atoms with E-state index in [-0.39, 0.29) is 12.5 Å². The number of anilines is 1. The number of nitrogens with one attached hydrogen (secondary N) is 1. The van der Waals surface area contributed by atoms with Crippen molar-refractivity contribution < 1.29 is 19.1 Å². The molecule has 2 aromatic rings. The molecule has 1 amide bonds. The highest BCUT2D eigenvalue weighted by Gasteiger charge is 2.30. The Hall–Kier alpha value is -2.82. The Morgan fingerprint density at radius 1 is 1.04 bits per heavy atom. The lowest BCUT2D eigenvalue weighted by atomic mass is 9.83. The molecule has 0 radical (unpaired) electrons. The molecule has 0 aromatic heterocycles.